The molecule has 0 aromatic rings. The standard InChI is InChI=1S/C12H18N2O2/c1-11(2)6-4-5-12(11,3)8(10(14)16)7(6)9(13)15/h6H,4-5H2,1-3H3,(H2,13,15)(H2,14,16). The van der Waals surface area contributed by atoms with Gasteiger partial charge in [-0.1, -0.05) is 20.8 Å². The first-order valence-corrected chi connectivity index (χ1v) is 5.57. The highest BCUT2D eigenvalue weighted by atomic mass is 16.2. The largest absolute Gasteiger partial charge is 0.366 e. The van der Waals surface area contributed by atoms with Crippen LogP contribution in [0, 0.1) is 16.7 Å². The average Bonchev–Trinajstić information content (AvgIpc) is 2.45. The third kappa shape index (κ3) is 0.996. The monoisotopic (exact) mass is 222 g/mol. The zero-order valence-electron chi connectivity index (χ0n) is 9.96. The Labute approximate surface area is 95.1 Å². The molecule has 0 radical (unpaired) electrons. The predicted octanol–water partition coefficient (Wildman–Crippen LogP) is 0.710. The van der Waals surface area contributed by atoms with Crippen molar-refractivity contribution in [1.82, 2.24) is 0 Å². The number of hydrogen-bond acceptors (Lipinski definition) is 2. The number of amides is 2. The Bertz CT molecular complexity index is 423. The van der Waals surface area contributed by atoms with Gasteiger partial charge >= 0.3 is 0 Å². The molecule has 2 aliphatic carbocycles. The van der Waals surface area contributed by atoms with Gasteiger partial charge in [0.2, 0.25) is 11.8 Å². The highest BCUT2D eigenvalue weighted by Crippen LogP contribution is 2.67. The number of fused-ring (bicyclic) bond motifs is 2. The van der Waals surface area contributed by atoms with Gasteiger partial charge in [0.05, 0.1) is 0 Å². The van der Waals surface area contributed by atoms with E-state index in [2.05, 4.69) is 13.8 Å². The molecule has 1 saturated carbocycles. The summed E-state index contributed by atoms with van der Waals surface area (Å²) in [5, 5.41) is 0. The van der Waals surface area contributed by atoms with Crippen LogP contribution in [0.15, 0.2) is 11.1 Å². The van der Waals surface area contributed by atoms with E-state index >= 15 is 0 Å². The van der Waals surface area contributed by atoms with E-state index in [0.717, 1.165) is 12.8 Å². The van der Waals surface area contributed by atoms with Crippen LogP contribution in [0.4, 0.5) is 0 Å². The van der Waals surface area contributed by atoms with Gasteiger partial charge in [0, 0.05) is 16.6 Å². The van der Waals surface area contributed by atoms with Gasteiger partial charge in [0.1, 0.15) is 0 Å². The van der Waals surface area contributed by atoms with Crippen LogP contribution in [-0.4, -0.2) is 11.8 Å². The quantitative estimate of drug-likeness (QED) is 0.721. The van der Waals surface area contributed by atoms with Crippen LogP contribution in [-0.2, 0) is 9.59 Å². The molecule has 2 bridgehead atoms. The zero-order valence-corrected chi connectivity index (χ0v) is 9.96. The van der Waals surface area contributed by atoms with Crippen molar-refractivity contribution in [3.8, 4) is 0 Å². The topological polar surface area (TPSA) is 86.2 Å². The summed E-state index contributed by atoms with van der Waals surface area (Å²) in [7, 11) is 0. The molecule has 2 atom stereocenters. The minimum atomic E-state index is -0.494. The van der Waals surface area contributed by atoms with Gasteiger partial charge in [-0.05, 0) is 24.2 Å². The SMILES string of the molecule is CC12CCC(C(C(N)=O)=C1C(N)=O)C2(C)C. The van der Waals surface area contributed by atoms with Gasteiger partial charge < -0.3 is 11.5 Å². The number of nitrogens with two attached hydrogens (primary N) is 2. The molecule has 4 nitrogen and oxygen atoms in total. The van der Waals surface area contributed by atoms with Gasteiger partial charge in [-0.15, -0.1) is 0 Å². The molecule has 0 spiro atoms. The Morgan fingerprint density at radius 1 is 1.19 bits per heavy atom. The second kappa shape index (κ2) is 2.87. The summed E-state index contributed by atoms with van der Waals surface area (Å²) in [6.07, 6.45) is 1.82. The number of hydrogen-bond donors (Lipinski definition) is 2. The van der Waals surface area contributed by atoms with Gasteiger partial charge in [0.15, 0.2) is 0 Å². The summed E-state index contributed by atoms with van der Waals surface area (Å²) in [4.78, 5) is 23.0. The van der Waals surface area contributed by atoms with E-state index in [4.69, 9.17) is 11.5 Å². The van der Waals surface area contributed by atoms with Crippen LogP contribution < -0.4 is 11.5 Å². The molecular formula is C12H18N2O2. The third-order valence-electron chi connectivity index (χ3n) is 4.91. The van der Waals surface area contributed by atoms with E-state index in [1.54, 1.807) is 0 Å². The van der Waals surface area contributed by atoms with Crippen molar-refractivity contribution in [2.75, 3.05) is 0 Å². The van der Waals surface area contributed by atoms with Crippen molar-refractivity contribution in [2.45, 2.75) is 33.6 Å². The minimum absolute atomic E-state index is 0.0810. The maximum atomic E-state index is 11.6. The van der Waals surface area contributed by atoms with Crippen LogP contribution in [0.2, 0.25) is 0 Å². The van der Waals surface area contributed by atoms with E-state index < -0.39 is 11.8 Å². The Balaban J connectivity index is 2.68. The van der Waals surface area contributed by atoms with E-state index in [0.29, 0.717) is 11.1 Å². The Kier molecular flexibility index (Phi) is 2.00. The Morgan fingerprint density at radius 3 is 2.12 bits per heavy atom. The van der Waals surface area contributed by atoms with Gasteiger partial charge in [-0.2, -0.15) is 0 Å². The summed E-state index contributed by atoms with van der Waals surface area (Å²) in [6, 6.07) is 0. The highest BCUT2D eigenvalue weighted by molar-refractivity contribution is 6.06. The molecule has 88 valence electrons. The second-order valence-corrected chi connectivity index (χ2v) is 5.66. The lowest BCUT2D eigenvalue weighted by atomic mass is 9.67. The van der Waals surface area contributed by atoms with Crippen molar-refractivity contribution in [2.24, 2.45) is 28.2 Å². The summed E-state index contributed by atoms with van der Waals surface area (Å²) in [5.41, 5.74) is 11.3. The fraction of sp³-hybridized carbons (Fsp3) is 0.667. The lowest BCUT2D eigenvalue weighted by molar-refractivity contribution is -0.118. The van der Waals surface area contributed by atoms with Gasteiger partial charge in [-0.3, -0.25) is 9.59 Å². The van der Waals surface area contributed by atoms with Crippen LogP contribution in [0.5, 0.6) is 0 Å². The molecule has 2 rings (SSSR count). The van der Waals surface area contributed by atoms with Crippen molar-refractivity contribution in [1.29, 1.82) is 0 Å². The first kappa shape index (κ1) is 11.2. The number of carbonyl (C=O) groups is 2. The molecule has 0 aromatic carbocycles. The lowest BCUT2D eigenvalue weighted by Crippen LogP contribution is -2.34. The Hall–Kier alpha value is -1.32. The summed E-state index contributed by atoms with van der Waals surface area (Å²) in [6.45, 7) is 6.19. The molecule has 2 amide bonds. The molecule has 4 N–H and O–H groups in total. The molecule has 0 saturated heterocycles. The fourth-order valence-electron chi connectivity index (χ4n) is 3.62. The van der Waals surface area contributed by atoms with Gasteiger partial charge in [0.25, 0.3) is 0 Å². The summed E-state index contributed by atoms with van der Waals surface area (Å²) >= 11 is 0. The van der Waals surface area contributed by atoms with Crippen molar-refractivity contribution >= 4 is 11.8 Å². The summed E-state index contributed by atoms with van der Waals surface area (Å²) in [5.74, 6) is -0.903. The van der Waals surface area contributed by atoms with Crippen LogP contribution >= 0.6 is 0 Å². The first-order chi connectivity index (χ1) is 7.23. The average molecular weight is 222 g/mol. The summed E-state index contributed by atoms with van der Waals surface area (Å²) < 4.78 is 0. The number of rotatable bonds is 2. The normalized spacial score (nSPS) is 35.6. The van der Waals surface area contributed by atoms with Crippen LogP contribution in [0.3, 0.4) is 0 Å². The maximum Gasteiger partial charge on any atom is 0.245 e. The molecule has 16 heavy (non-hydrogen) atoms. The van der Waals surface area contributed by atoms with Crippen LogP contribution in [0.1, 0.15) is 33.6 Å². The van der Waals surface area contributed by atoms with Crippen LogP contribution in [0.25, 0.3) is 0 Å². The highest BCUT2D eigenvalue weighted by Gasteiger charge is 2.62. The van der Waals surface area contributed by atoms with E-state index in [-0.39, 0.29) is 16.7 Å². The first-order valence-electron chi connectivity index (χ1n) is 5.57. The smallest absolute Gasteiger partial charge is 0.245 e. The third-order valence-corrected chi connectivity index (χ3v) is 4.91. The molecule has 1 fully saturated rings. The fourth-order valence-corrected chi connectivity index (χ4v) is 3.62. The molecule has 0 aliphatic heterocycles. The van der Waals surface area contributed by atoms with Crippen molar-refractivity contribution in [3.05, 3.63) is 11.1 Å². The van der Waals surface area contributed by atoms with Crippen molar-refractivity contribution < 1.29 is 9.59 Å². The number of primary amides is 2. The van der Waals surface area contributed by atoms with Gasteiger partial charge in [-0.25, -0.2) is 0 Å². The molecule has 0 heterocycles. The molecule has 2 unspecified atom stereocenters. The molecule has 4 heteroatoms. The molecule has 2 aliphatic rings. The second-order valence-electron chi connectivity index (χ2n) is 5.66. The molecular weight excluding hydrogens is 204 g/mol. The van der Waals surface area contributed by atoms with E-state index in [1.807, 2.05) is 6.92 Å². The van der Waals surface area contributed by atoms with E-state index in [1.165, 1.54) is 0 Å². The Morgan fingerprint density at radius 2 is 1.75 bits per heavy atom. The predicted molar refractivity (Wildman–Crippen MR) is 60.0 cm³/mol. The number of carbonyl (C=O) groups excluding carboxylic acids is 2. The molecule has 0 aromatic heterocycles. The maximum absolute atomic E-state index is 11.6. The van der Waals surface area contributed by atoms with Crippen molar-refractivity contribution in [3.63, 3.8) is 0 Å². The zero-order chi connectivity index (χ0) is 12.3. The van der Waals surface area contributed by atoms with E-state index in [9.17, 15) is 9.59 Å². The lowest BCUT2D eigenvalue weighted by Gasteiger charge is -2.36. The minimum Gasteiger partial charge on any atom is -0.366 e.